The maximum Gasteiger partial charge on any atom is 0.317 e. The van der Waals surface area contributed by atoms with Crippen molar-refractivity contribution in [3.05, 3.63) is 77.6 Å². The van der Waals surface area contributed by atoms with Gasteiger partial charge in [-0.05, 0) is 42.8 Å². The molecule has 0 fully saturated rings. The Labute approximate surface area is 169 Å². The number of para-hydroxylation sites is 1. The van der Waals surface area contributed by atoms with Crippen LogP contribution in [0.3, 0.4) is 0 Å². The van der Waals surface area contributed by atoms with Crippen molar-refractivity contribution >= 4 is 17.6 Å². The van der Waals surface area contributed by atoms with Gasteiger partial charge in [-0.15, -0.1) is 0 Å². The zero-order chi connectivity index (χ0) is 19.8. The second kappa shape index (κ2) is 9.80. The van der Waals surface area contributed by atoms with Crippen molar-refractivity contribution in [3.63, 3.8) is 0 Å². The molecule has 0 saturated carbocycles. The predicted octanol–water partition coefficient (Wildman–Crippen LogP) is 4.14. The first-order valence-electron chi connectivity index (χ1n) is 9.08. The Balaban J connectivity index is 1.39. The first-order valence-corrected chi connectivity index (χ1v) is 9.46. The van der Waals surface area contributed by atoms with Crippen LogP contribution >= 0.6 is 11.6 Å². The first kappa shape index (κ1) is 19.8. The van der Waals surface area contributed by atoms with Crippen molar-refractivity contribution in [2.24, 2.45) is 0 Å². The zero-order valence-corrected chi connectivity index (χ0v) is 16.5. The van der Waals surface area contributed by atoms with E-state index in [-0.39, 0.29) is 6.03 Å². The number of benzene rings is 2. The molecule has 0 aliphatic heterocycles. The normalized spacial score (nSPS) is 10.5. The fourth-order valence-electron chi connectivity index (χ4n) is 2.61. The lowest BCUT2D eigenvalue weighted by Crippen LogP contribution is -2.37. The quantitative estimate of drug-likeness (QED) is 0.580. The summed E-state index contributed by atoms with van der Waals surface area (Å²) in [7, 11) is 1.77. The molecule has 6 nitrogen and oxygen atoms in total. The summed E-state index contributed by atoms with van der Waals surface area (Å²) in [5, 5.41) is 7.90. The standard InChI is InChI=1S/C21H23ClN4O2/c1-25(12-5-13-28-20-6-3-2-4-7-20)21(27)23-14-17-15-24-26(16-17)19-10-8-18(22)9-11-19/h2-4,6-11,15-16H,5,12-14H2,1H3,(H,23,27). The van der Waals surface area contributed by atoms with Crippen LogP contribution < -0.4 is 10.1 Å². The van der Waals surface area contributed by atoms with Crippen LogP contribution in [0.2, 0.25) is 5.02 Å². The molecule has 1 aromatic heterocycles. The zero-order valence-electron chi connectivity index (χ0n) is 15.7. The van der Waals surface area contributed by atoms with Crippen LogP contribution in [0.5, 0.6) is 5.75 Å². The van der Waals surface area contributed by atoms with Crippen molar-refractivity contribution in [1.82, 2.24) is 20.0 Å². The highest BCUT2D eigenvalue weighted by molar-refractivity contribution is 6.30. The lowest BCUT2D eigenvalue weighted by molar-refractivity contribution is 0.203. The summed E-state index contributed by atoms with van der Waals surface area (Å²) in [5.74, 6) is 0.840. The van der Waals surface area contributed by atoms with Crippen LogP contribution in [0.4, 0.5) is 4.79 Å². The van der Waals surface area contributed by atoms with Crippen LogP contribution in [-0.2, 0) is 6.54 Å². The summed E-state index contributed by atoms with van der Waals surface area (Å²) in [5.41, 5.74) is 1.83. The van der Waals surface area contributed by atoms with E-state index in [0.29, 0.717) is 24.7 Å². The number of carbonyl (C=O) groups is 1. The van der Waals surface area contributed by atoms with E-state index in [1.165, 1.54) is 0 Å². The molecule has 3 rings (SSSR count). The molecular formula is C21H23ClN4O2. The van der Waals surface area contributed by atoms with Gasteiger partial charge in [0.05, 0.1) is 18.5 Å². The maximum atomic E-state index is 12.2. The maximum absolute atomic E-state index is 12.2. The average Bonchev–Trinajstić information content (AvgIpc) is 3.19. The molecule has 0 radical (unpaired) electrons. The van der Waals surface area contributed by atoms with Crippen LogP contribution in [0.15, 0.2) is 67.0 Å². The van der Waals surface area contributed by atoms with Gasteiger partial charge in [0.1, 0.15) is 5.75 Å². The minimum Gasteiger partial charge on any atom is -0.494 e. The molecule has 28 heavy (non-hydrogen) atoms. The fraction of sp³-hybridized carbons (Fsp3) is 0.238. The Morgan fingerprint density at radius 2 is 1.93 bits per heavy atom. The third-order valence-corrected chi connectivity index (χ3v) is 4.42. The highest BCUT2D eigenvalue weighted by atomic mass is 35.5. The minimum absolute atomic E-state index is 0.126. The number of urea groups is 1. The van der Waals surface area contributed by atoms with E-state index >= 15 is 0 Å². The Hall–Kier alpha value is -2.99. The Morgan fingerprint density at radius 1 is 1.18 bits per heavy atom. The van der Waals surface area contributed by atoms with Gasteiger partial charge in [0.2, 0.25) is 0 Å². The van der Waals surface area contributed by atoms with Gasteiger partial charge in [-0.2, -0.15) is 5.10 Å². The van der Waals surface area contributed by atoms with E-state index in [1.54, 1.807) is 22.8 Å². The predicted molar refractivity (Wildman–Crippen MR) is 110 cm³/mol. The lowest BCUT2D eigenvalue weighted by Gasteiger charge is -2.17. The summed E-state index contributed by atoms with van der Waals surface area (Å²) in [6.07, 6.45) is 4.38. The molecule has 1 heterocycles. The van der Waals surface area contributed by atoms with Gasteiger partial charge in [0, 0.05) is 36.9 Å². The molecule has 7 heteroatoms. The second-order valence-corrected chi connectivity index (χ2v) is 6.80. The summed E-state index contributed by atoms with van der Waals surface area (Å²) in [6, 6.07) is 16.9. The van der Waals surface area contributed by atoms with Gasteiger partial charge < -0.3 is 15.0 Å². The van der Waals surface area contributed by atoms with Crippen molar-refractivity contribution in [2.75, 3.05) is 20.2 Å². The molecule has 2 aromatic carbocycles. The molecule has 0 unspecified atom stereocenters. The Kier molecular flexibility index (Phi) is 6.92. The van der Waals surface area contributed by atoms with E-state index in [4.69, 9.17) is 16.3 Å². The number of carbonyl (C=O) groups excluding carboxylic acids is 1. The van der Waals surface area contributed by atoms with Crippen molar-refractivity contribution in [3.8, 4) is 11.4 Å². The van der Waals surface area contributed by atoms with E-state index in [0.717, 1.165) is 23.4 Å². The molecule has 0 aliphatic rings. The highest BCUT2D eigenvalue weighted by Crippen LogP contribution is 2.13. The number of rotatable bonds is 8. The summed E-state index contributed by atoms with van der Waals surface area (Å²) < 4.78 is 7.39. The number of ether oxygens (including phenoxy) is 1. The smallest absolute Gasteiger partial charge is 0.317 e. The van der Waals surface area contributed by atoms with Crippen LogP contribution in [-0.4, -0.2) is 40.9 Å². The minimum atomic E-state index is -0.126. The fourth-order valence-corrected chi connectivity index (χ4v) is 2.74. The lowest BCUT2D eigenvalue weighted by atomic mass is 10.3. The van der Waals surface area contributed by atoms with Crippen LogP contribution in [0, 0.1) is 0 Å². The number of aromatic nitrogens is 2. The Morgan fingerprint density at radius 3 is 2.68 bits per heavy atom. The van der Waals surface area contributed by atoms with Crippen LogP contribution in [0.25, 0.3) is 5.69 Å². The van der Waals surface area contributed by atoms with Gasteiger partial charge in [0.15, 0.2) is 0 Å². The van der Waals surface area contributed by atoms with Crippen molar-refractivity contribution in [1.29, 1.82) is 0 Å². The molecule has 1 N–H and O–H groups in total. The van der Waals surface area contributed by atoms with Crippen molar-refractivity contribution < 1.29 is 9.53 Å². The number of hydrogen-bond donors (Lipinski definition) is 1. The largest absolute Gasteiger partial charge is 0.494 e. The summed E-state index contributed by atoms with van der Waals surface area (Å²) >= 11 is 5.91. The molecular weight excluding hydrogens is 376 g/mol. The van der Waals surface area contributed by atoms with Crippen molar-refractivity contribution in [2.45, 2.75) is 13.0 Å². The summed E-state index contributed by atoms with van der Waals surface area (Å²) in [4.78, 5) is 13.9. The van der Waals surface area contributed by atoms with Gasteiger partial charge >= 0.3 is 6.03 Å². The SMILES string of the molecule is CN(CCCOc1ccccc1)C(=O)NCc1cnn(-c2ccc(Cl)cc2)c1. The second-order valence-electron chi connectivity index (χ2n) is 6.36. The number of halogens is 1. The summed E-state index contributed by atoms with van der Waals surface area (Å²) in [6.45, 7) is 1.59. The molecule has 146 valence electrons. The number of amides is 2. The molecule has 0 spiro atoms. The molecule has 3 aromatic rings. The van der Waals surface area contributed by atoms with Gasteiger partial charge in [0.25, 0.3) is 0 Å². The molecule has 0 aliphatic carbocycles. The van der Waals surface area contributed by atoms with E-state index in [2.05, 4.69) is 10.4 Å². The number of nitrogens with zero attached hydrogens (tertiary/aromatic N) is 3. The van der Waals surface area contributed by atoms with Gasteiger partial charge in [-0.25, -0.2) is 9.48 Å². The molecule has 2 amide bonds. The van der Waals surface area contributed by atoms with E-state index in [9.17, 15) is 4.79 Å². The monoisotopic (exact) mass is 398 g/mol. The van der Waals surface area contributed by atoms with Gasteiger partial charge in [-0.3, -0.25) is 0 Å². The van der Waals surface area contributed by atoms with Crippen LogP contribution in [0.1, 0.15) is 12.0 Å². The molecule has 0 atom stereocenters. The number of hydrogen-bond acceptors (Lipinski definition) is 3. The first-order chi connectivity index (χ1) is 13.6. The third-order valence-electron chi connectivity index (χ3n) is 4.17. The Bertz CT molecular complexity index is 881. The molecule has 0 bridgehead atoms. The van der Waals surface area contributed by atoms with E-state index in [1.807, 2.05) is 60.8 Å². The number of nitrogens with one attached hydrogen (secondary N) is 1. The van der Waals surface area contributed by atoms with Gasteiger partial charge in [-0.1, -0.05) is 29.8 Å². The molecule has 0 saturated heterocycles. The average molecular weight is 399 g/mol. The topological polar surface area (TPSA) is 59.4 Å². The highest BCUT2D eigenvalue weighted by Gasteiger charge is 2.09. The van der Waals surface area contributed by atoms with E-state index < -0.39 is 0 Å². The third kappa shape index (κ3) is 5.76.